The second-order valence-electron chi connectivity index (χ2n) is 5.64. The molecule has 0 aliphatic rings. The summed E-state index contributed by atoms with van der Waals surface area (Å²) >= 11 is 6.12. The molecular weight excluding hydrogens is 324 g/mol. The van der Waals surface area contributed by atoms with Gasteiger partial charge < -0.3 is 10.2 Å². The van der Waals surface area contributed by atoms with Gasteiger partial charge in [-0.15, -0.1) is 0 Å². The van der Waals surface area contributed by atoms with Crippen molar-refractivity contribution in [1.82, 2.24) is 0 Å². The average Bonchev–Trinajstić information content (AvgIpc) is 2.56. The van der Waals surface area contributed by atoms with E-state index in [9.17, 15) is 9.59 Å². The quantitative estimate of drug-likeness (QED) is 0.883. The van der Waals surface area contributed by atoms with Gasteiger partial charge in [-0.1, -0.05) is 36.7 Å². The molecule has 2 aromatic rings. The van der Waals surface area contributed by atoms with Crippen molar-refractivity contribution < 1.29 is 9.59 Å². The highest BCUT2D eigenvalue weighted by Gasteiger charge is 2.16. The van der Waals surface area contributed by atoms with Gasteiger partial charge >= 0.3 is 0 Å². The van der Waals surface area contributed by atoms with Crippen molar-refractivity contribution in [1.29, 1.82) is 0 Å². The summed E-state index contributed by atoms with van der Waals surface area (Å²) in [6.45, 7) is 5.32. The monoisotopic (exact) mass is 344 g/mol. The van der Waals surface area contributed by atoms with Gasteiger partial charge in [-0.2, -0.15) is 0 Å². The largest absolute Gasteiger partial charge is 0.325 e. The molecule has 2 amide bonds. The van der Waals surface area contributed by atoms with Gasteiger partial charge in [0, 0.05) is 23.3 Å². The highest BCUT2D eigenvalue weighted by molar-refractivity contribution is 6.31. The minimum Gasteiger partial charge on any atom is -0.325 e. The summed E-state index contributed by atoms with van der Waals surface area (Å²) in [7, 11) is 0. The van der Waals surface area contributed by atoms with Gasteiger partial charge in [-0.25, -0.2) is 0 Å². The fourth-order valence-corrected chi connectivity index (χ4v) is 2.48. The Kier molecular flexibility index (Phi) is 5.99. The number of nitrogens with zero attached hydrogens (tertiary/aromatic N) is 1. The molecule has 0 aliphatic carbocycles. The summed E-state index contributed by atoms with van der Waals surface area (Å²) in [5.74, 6) is -0.474. The SMILES string of the molecule is CCc1ccc(NC(=O)CN(C(C)=O)c2ccc(C)c(Cl)c2)cc1. The Morgan fingerprint density at radius 2 is 1.79 bits per heavy atom. The number of carbonyl (C=O) groups is 2. The van der Waals surface area contributed by atoms with Crippen LogP contribution in [-0.2, 0) is 16.0 Å². The van der Waals surface area contributed by atoms with Crippen LogP contribution in [0.5, 0.6) is 0 Å². The molecule has 126 valence electrons. The van der Waals surface area contributed by atoms with E-state index in [1.807, 2.05) is 37.3 Å². The molecule has 0 spiro atoms. The Morgan fingerprint density at radius 3 is 2.33 bits per heavy atom. The average molecular weight is 345 g/mol. The van der Waals surface area contributed by atoms with E-state index in [2.05, 4.69) is 12.2 Å². The number of hydrogen-bond donors (Lipinski definition) is 1. The molecule has 24 heavy (non-hydrogen) atoms. The summed E-state index contributed by atoms with van der Waals surface area (Å²) in [6, 6.07) is 13.0. The van der Waals surface area contributed by atoms with Crippen molar-refractivity contribution in [2.45, 2.75) is 27.2 Å². The Morgan fingerprint density at radius 1 is 1.12 bits per heavy atom. The molecule has 1 N–H and O–H groups in total. The van der Waals surface area contributed by atoms with Crippen LogP contribution in [0.3, 0.4) is 0 Å². The molecule has 2 rings (SSSR count). The highest BCUT2D eigenvalue weighted by Crippen LogP contribution is 2.23. The van der Waals surface area contributed by atoms with Crippen molar-refractivity contribution in [2.75, 3.05) is 16.8 Å². The lowest BCUT2D eigenvalue weighted by molar-refractivity contribution is -0.120. The predicted molar refractivity (Wildman–Crippen MR) is 98.7 cm³/mol. The molecule has 0 aliphatic heterocycles. The first-order chi connectivity index (χ1) is 11.4. The Balaban J connectivity index is 2.10. The third kappa shape index (κ3) is 4.59. The molecule has 0 radical (unpaired) electrons. The van der Waals surface area contributed by atoms with Gasteiger partial charge in [0.1, 0.15) is 6.54 Å². The molecule has 0 heterocycles. The van der Waals surface area contributed by atoms with Gasteiger partial charge in [0.2, 0.25) is 11.8 Å². The second kappa shape index (κ2) is 7.97. The van der Waals surface area contributed by atoms with Gasteiger partial charge in [0.25, 0.3) is 0 Å². The predicted octanol–water partition coefficient (Wildman–Crippen LogP) is 4.20. The summed E-state index contributed by atoms with van der Waals surface area (Å²) in [5, 5.41) is 3.37. The maximum Gasteiger partial charge on any atom is 0.244 e. The molecule has 0 bridgehead atoms. The molecule has 0 unspecified atom stereocenters. The Bertz CT molecular complexity index is 742. The molecule has 0 fully saturated rings. The first-order valence-electron chi connectivity index (χ1n) is 7.83. The summed E-state index contributed by atoms with van der Waals surface area (Å²) in [5.41, 5.74) is 3.44. The van der Waals surface area contributed by atoms with Crippen LogP contribution in [0.2, 0.25) is 5.02 Å². The van der Waals surface area contributed by atoms with Crippen LogP contribution in [0.4, 0.5) is 11.4 Å². The number of hydrogen-bond acceptors (Lipinski definition) is 2. The maximum atomic E-state index is 12.3. The number of aryl methyl sites for hydroxylation is 2. The third-order valence-corrected chi connectivity index (χ3v) is 4.20. The molecular formula is C19H21ClN2O2. The smallest absolute Gasteiger partial charge is 0.244 e. The number of benzene rings is 2. The van der Waals surface area contributed by atoms with Crippen LogP contribution in [-0.4, -0.2) is 18.4 Å². The van der Waals surface area contributed by atoms with Crippen molar-refractivity contribution in [2.24, 2.45) is 0 Å². The van der Waals surface area contributed by atoms with Crippen LogP contribution >= 0.6 is 11.6 Å². The maximum absolute atomic E-state index is 12.3. The van der Waals surface area contributed by atoms with E-state index in [1.54, 1.807) is 12.1 Å². The molecule has 0 saturated heterocycles. The number of nitrogens with one attached hydrogen (secondary N) is 1. The molecule has 2 aromatic carbocycles. The van der Waals surface area contributed by atoms with Crippen LogP contribution in [0.15, 0.2) is 42.5 Å². The van der Waals surface area contributed by atoms with E-state index in [0.717, 1.165) is 12.0 Å². The Hall–Kier alpha value is -2.33. The number of carbonyl (C=O) groups excluding carboxylic acids is 2. The zero-order valence-electron chi connectivity index (χ0n) is 14.1. The second-order valence-corrected chi connectivity index (χ2v) is 6.04. The molecule has 0 saturated carbocycles. The molecule has 5 heteroatoms. The van der Waals surface area contributed by atoms with E-state index in [-0.39, 0.29) is 18.4 Å². The zero-order valence-corrected chi connectivity index (χ0v) is 14.9. The van der Waals surface area contributed by atoms with E-state index in [4.69, 9.17) is 11.6 Å². The number of amides is 2. The number of rotatable bonds is 5. The van der Waals surface area contributed by atoms with Gasteiger partial charge in [0.15, 0.2) is 0 Å². The molecule has 4 nitrogen and oxygen atoms in total. The lowest BCUT2D eigenvalue weighted by atomic mass is 10.1. The summed E-state index contributed by atoms with van der Waals surface area (Å²) in [6.07, 6.45) is 0.945. The topological polar surface area (TPSA) is 49.4 Å². The Labute approximate surface area is 147 Å². The standard InChI is InChI=1S/C19H21ClN2O2/c1-4-15-6-8-16(9-7-15)21-19(24)12-22(14(3)23)17-10-5-13(2)18(20)11-17/h5-11H,4,12H2,1-3H3,(H,21,24). The van der Waals surface area contributed by atoms with Crippen LogP contribution < -0.4 is 10.2 Å². The fourth-order valence-electron chi connectivity index (χ4n) is 2.30. The first-order valence-corrected chi connectivity index (χ1v) is 8.21. The van der Waals surface area contributed by atoms with E-state index >= 15 is 0 Å². The van der Waals surface area contributed by atoms with E-state index in [0.29, 0.717) is 16.4 Å². The number of halogens is 1. The lowest BCUT2D eigenvalue weighted by Gasteiger charge is -2.21. The molecule has 0 aromatic heterocycles. The van der Waals surface area contributed by atoms with Gasteiger partial charge in [-0.05, 0) is 48.7 Å². The first kappa shape index (κ1) is 18.0. The van der Waals surface area contributed by atoms with Crippen molar-refractivity contribution in [3.63, 3.8) is 0 Å². The van der Waals surface area contributed by atoms with Gasteiger partial charge in [0.05, 0.1) is 0 Å². The minimum absolute atomic E-state index is 0.0652. The lowest BCUT2D eigenvalue weighted by Crippen LogP contribution is -2.36. The normalized spacial score (nSPS) is 10.3. The van der Waals surface area contributed by atoms with Crippen LogP contribution in [0.1, 0.15) is 25.0 Å². The molecule has 0 atom stereocenters. The van der Waals surface area contributed by atoms with E-state index < -0.39 is 0 Å². The summed E-state index contributed by atoms with van der Waals surface area (Å²) < 4.78 is 0. The fraction of sp³-hybridized carbons (Fsp3) is 0.263. The van der Waals surface area contributed by atoms with Crippen LogP contribution in [0.25, 0.3) is 0 Å². The van der Waals surface area contributed by atoms with E-state index in [1.165, 1.54) is 17.4 Å². The minimum atomic E-state index is -0.258. The summed E-state index contributed by atoms with van der Waals surface area (Å²) in [4.78, 5) is 25.6. The zero-order chi connectivity index (χ0) is 17.7. The third-order valence-electron chi connectivity index (χ3n) is 3.79. The van der Waals surface area contributed by atoms with Crippen molar-refractivity contribution in [3.05, 3.63) is 58.6 Å². The van der Waals surface area contributed by atoms with Crippen LogP contribution in [0, 0.1) is 6.92 Å². The highest BCUT2D eigenvalue weighted by atomic mass is 35.5. The number of anilines is 2. The van der Waals surface area contributed by atoms with Crippen molar-refractivity contribution in [3.8, 4) is 0 Å². The van der Waals surface area contributed by atoms with Gasteiger partial charge in [-0.3, -0.25) is 9.59 Å². The van der Waals surface area contributed by atoms with Crippen molar-refractivity contribution >= 4 is 34.8 Å².